The standard InChI is InChI=1S/C25H18N4.C24H19N3S.C19H14N4.C14H14N4O2.9C2H6/c1-28-25(17-27)22-10-6-19(7-11-22)18-4-8-20(9-5-18)24(16-26)21-12-14-23(15-13-21)29(2)3;1-26-22(17-25)24(19-7-5-4-6-8-19)23-16-15-21(28-23)14-11-18-9-12-20(13-10-18)27(2)3;1-22-19(13-21)16-6-4-14(5-7-16)18(12-20)15-8-10-17(11-9-15)23(2)3;1-17(2)13-7-3-11(4-8-13)15-16-12-5-9-14(10-6-12)18(19)20;9*1-2/h4-15H,2-3H3;4-16H,2-3H3;4-11H,2-3H3;3-10H,1-2H3;9*1-2H3/b;14-11+,24-22+;;;;;;;;;;;. The first kappa shape index (κ1) is 108. The van der Waals surface area contributed by atoms with E-state index in [0.29, 0.717) is 32.8 Å². The third kappa shape index (κ3) is 36.3. The first-order valence-electron chi connectivity index (χ1n) is 39.6. The lowest BCUT2D eigenvalue weighted by molar-refractivity contribution is -0.384. The Hall–Kier alpha value is -14.2. The number of nitrogens with zero attached hydrogens (tertiary/aromatic N) is 15. The number of rotatable bonds is 13. The lowest BCUT2D eigenvalue weighted by Gasteiger charge is -2.12. The van der Waals surface area contributed by atoms with Crippen LogP contribution in [0.1, 0.15) is 157 Å². The zero-order valence-corrected chi connectivity index (χ0v) is 74.9. The van der Waals surface area contributed by atoms with Gasteiger partial charge in [0.2, 0.25) is 0 Å². The van der Waals surface area contributed by atoms with Crippen molar-refractivity contribution in [1.29, 1.82) is 26.3 Å². The number of nitriles is 5. The maximum Gasteiger partial charge on any atom is 0.270 e. The Kier molecular flexibility index (Phi) is 59.6. The highest BCUT2D eigenvalue weighted by molar-refractivity contribution is 7.14. The second-order valence-corrected chi connectivity index (χ2v) is 23.6. The molecule has 0 radical (unpaired) electrons. The third-order valence-electron chi connectivity index (χ3n) is 15.1. The summed E-state index contributed by atoms with van der Waals surface area (Å²) < 4.78 is 0. The lowest BCUT2D eigenvalue weighted by Crippen LogP contribution is -2.12. The third-order valence-corrected chi connectivity index (χ3v) is 16.1. The molecule has 9 aromatic carbocycles. The van der Waals surface area contributed by atoms with Gasteiger partial charge in [-0.25, -0.2) is 30.3 Å². The van der Waals surface area contributed by atoms with E-state index in [1.807, 2.05) is 366 Å². The van der Waals surface area contributed by atoms with E-state index in [4.69, 9.17) is 30.2 Å². The molecule has 0 unspecified atom stereocenters. The maximum absolute atomic E-state index is 10.5. The molecule has 17 nitrogen and oxygen atoms in total. The number of allylic oxidation sites excluding steroid dienone is 1. The van der Waals surface area contributed by atoms with Gasteiger partial charge in [-0.15, -0.1) is 11.3 Å². The summed E-state index contributed by atoms with van der Waals surface area (Å²) in [6.45, 7) is 57.4. The summed E-state index contributed by atoms with van der Waals surface area (Å²) in [6.07, 6.45) is 4.13. The molecule has 0 saturated carbocycles. The molecule has 0 N–H and O–H groups in total. The summed E-state index contributed by atoms with van der Waals surface area (Å²) in [5.74, 6) is 0. The number of nitro benzene ring substituents is 1. The normalized spacial score (nSPS) is 9.17. The number of hydrogen-bond acceptors (Lipinski definition) is 14. The number of azo groups is 1. The molecule has 0 spiro atoms. The second kappa shape index (κ2) is 65.2. The molecule has 0 atom stereocenters. The van der Waals surface area contributed by atoms with Crippen molar-refractivity contribution in [2.24, 2.45) is 10.2 Å². The Morgan fingerprint density at radius 2 is 0.686 bits per heavy atom. The van der Waals surface area contributed by atoms with Crippen molar-refractivity contribution in [1.82, 2.24) is 0 Å². The van der Waals surface area contributed by atoms with E-state index in [1.165, 1.54) is 12.1 Å². The van der Waals surface area contributed by atoms with Gasteiger partial charge in [-0.2, -0.15) is 20.8 Å². The van der Waals surface area contributed by atoms with Crippen LogP contribution in [0.3, 0.4) is 0 Å². The predicted octanol–water partition coefficient (Wildman–Crippen LogP) is 24.8. The minimum Gasteiger partial charge on any atom is -0.378 e. The molecule has 0 aliphatic carbocycles. The van der Waals surface area contributed by atoms with E-state index >= 15 is 0 Å². The van der Waals surface area contributed by atoms with E-state index in [9.17, 15) is 25.9 Å². The van der Waals surface area contributed by atoms with E-state index in [-0.39, 0.29) is 22.8 Å². The molecule has 118 heavy (non-hydrogen) atoms. The zero-order valence-electron chi connectivity index (χ0n) is 74.1. The van der Waals surface area contributed by atoms with Crippen LogP contribution in [0.25, 0.3) is 54.8 Å². The zero-order chi connectivity index (χ0) is 90.1. The summed E-state index contributed by atoms with van der Waals surface area (Å²) in [5, 5.41) is 69.9. The molecule has 0 saturated heterocycles. The first-order chi connectivity index (χ1) is 57.3. The molecule has 612 valence electrons. The van der Waals surface area contributed by atoms with Gasteiger partial charge in [-0.05, 0) is 145 Å². The predicted molar refractivity (Wildman–Crippen MR) is 503 cm³/mol. The van der Waals surface area contributed by atoms with Crippen molar-refractivity contribution in [2.75, 3.05) is 76.0 Å². The lowest BCUT2D eigenvalue weighted by atomic mass is 10.0. The van der Waals surface area contributed by atoms with E-state index in [0.717, 1.165) is 81.3 Å². The van der Waals surface area contributed by atoms with Crippen LogP contribution < -0.4 is 40.5 Å². The van der Waals surface area contributed by atoms with Crippen molar-refractivity contribution in [3.63, 3.8) is 0 Å². The Morgan fingerprint density at radius 3 is 1.00 bits per heavy atom. The van der Waals surface area contributed by atoms with Crippen LogP contribution in [-0.2, 0) is 0 Å². The monoisotopic (exact) mass is 1590 g/mol. The Bertz CT molecular complexity index is 5300. The van der Waals surface area contributed by atoms with Crippen LogP contribution in [0.2, 0.25) is 0 Å². The Labute approximate surface area is 709 Å². The molecule has 1 aromatic heterocycles. The van der Waals surface area contributed by atoms with Gasteiger partial charge in [0.25, 0.3) is 22.8 Å². The minimum absolute atomic E-state index is 0.0410. The largest absolute Gasteiger partial charge is 0.378 e. The fourth-order valence-electron chi connectivity index (χ4n) is 9.55. The molecule has 0 fully saturated rings. The number of non-ortho nitro benzene ring substituents is 1. The van der Waals surface area contributed by atoms with Gasteiger partial charge in [0.15, 0.2) is 0 Å². The fourth-order valence-corrected chi connectivity index (χ4v) is 10.5. The summed E-state index contributed by atoms with van der Waals surface area (Å²) in [6, 6.07) is 83.6. The van der Waals surface area contributed by atoms with Gasteiger partial charge in [0, 0.05) is 107 Å². The van der Waals surface area contributed by atoms with Gasteiger partial charge in [-0.1, -0.05) is 270 Å². The number of nitro groups is 1. The van der Waals surface area contributed by atoms with Crippen LogP contribution in [0.15, 0.2) is 253 Å². The van der Waals surface area contributed by atoms with Gasteiger partial charge < -0.3 is 19.6 Å². The van der Waals surface area contributed by atoms with Crippen LogP contribution in [0, 0.1) is 96.9 Å². The number of hydrogen-bond donors (Lipinski definition) is 0. The van der Waals surface area contributed by atoms with Crippen molar-refractivity contribution in [3.05, 3.63) is 350 Å². The highest BCUT2D eigenvalue weighted by Crippen LogP contribution is 2.34. The van der Waals surface area contributed by atoms with Crippen molar-refractivity contribution >= 4 is 91.4 Å². The van der Waals surface area contributed by atoms with Gasteiger partial charge in [0.1, 0.15) is 12.1 Å². The van der Waals surface area contributed by atoms with Crippen molar-refractivity contribution in [2.45, 2.75) is 125 Å². The minimum atomic E-state index is -0.444. The second-order valence-electron chi connectivity index (χ2n) is 22.5. The molecule has 10 rings (SSSR count). The molecule has 18 heteroatoms. The quantitative estimate of drug-likeness (QED) is 0.0348. The van der Waals surface area contributed by atoms with E-state index in [2.05, 4.69) is 78.2 Å². The summed E-state index contributed by atoms with van der Waals surface area (Å²) >= 11 is 1.57. The Morgan fingerprint density at radius 1 is 0.364 bits per heavy atom. The molecule has 0 amide bonds. The van der Waals surface area contributed by atoms with Crippen LogP contribution in [0.4, 0.5) is 39.8 Å². The fraction of sp³-hybridized carbons (Fsp3) is 0.260. The maximum atomic E-state index is 10.5. The number of anilines is 4. The van der Waals surface area contributed by atoms with Gasteiger partial charge in [0.05, 0.1) is 65.4 Å². The number of benzene rings is 9. The molecule has 0 aliphatic rings. The number of thiophene rings is 1. The average molecular weight is 1600 g/mol. The summed E-state index contributed by atoms with van der Waals surface area (Å²) in [5.41, 5.74) is 11.6. The van der Waals surface area contributed by atoms with Gasteiger partial charge in [-0.3, -0.25) is 10.1 Å². The molecule has 0 bridgehead atoms. The summed E-state index contributed by atoms with van der Waals surface area (Å²) in [7, 11) is 15.9. The topological polar surface area (TPSA) is 213 Å². The average Bonchev–Trinajstić information content (AvgIpc) is 1.28. The van der Waals surface area contributed by atoms with Crippen molar-refractivity contribution < 1.29 is 4.92 Å². The van der Waals surface area contributed by atoms with Crippen molar-refractivity contribution in [3.8, 4) is 30.3 Å². The SMILES string of the molecule is CC.CC.CC.CC.CC.CC.CC.CC.CC.CN(C)c1ccc(N=Nc2ccc([N+](=O)[O-])cc2)cc1.[C-]#[N+]/C(C#N)=C(\c1ccccc1)c1ccc(/C=C/c2ccc(N(C)C)cc2)s1.[C-]#[N+]C(C#N)=c1ccc(=C(C#N)c2ccc(N(C)C)cc2)cc1.[C-]#[N+]C(C#N)=c1ccc(=c2ccc(=C(C#N)c3ccc(N(C)C)cc3)cc2)cc1. The van der Waals surface area contributed by atoms with Crippen LogP contribution >= 0.6 is 11.3 Å². The molecule has 1 heterocycles. The highest BCUT2D eigenvalue weighted by atomic mass is 32.1. The summed E-state index contributed by atoms with van der Waals surface area (Å²) in [4.78, 5) is 30.0. The molecule has 10 aromatic rings. The molecular formula is C100H119N15O2S. The molecule has 0 aliphatic heterocycles. The van der Waals surface area contributed by atoms with Crippen LogP contribution in [-0.4, -0.2) is 61.3 Å². The van der Waals surface area contributed by atoms with Gasteiger partial charge >= 0.3 is 0 Å². The highest BCUT2D eigenvalue weighted by Gasteiger charge is 2.15. The first-order valence-corrected chi connectivity index (χ1v) is 40.4. The Balaban J connectivity index is -0.00000141. The van der Waals surface area contributed by atoms with E-state index in [1.54, 1.807) is 59.9 Å². The van der Waals surface area contributed by atoms with Crippen LogP contribution in [0.5, 0.6) is 0 Å². The van der Waals surface area contributed by atoms with E-state index < -0.39 is 4.92 Å². The smallest absolute Gasteiger partial charge is 0.270 e. The molecular weight excluding hydrogens is 1480 g/mol.